The van der Waals surface area contributed by atoms with Gasteiger partial charge in [0.25, 0.3) is 5.91 Å². The van der Waals surface area contributed by atoms with Gasteiger partial charge in [0.2, 0.25) is 10.0 Å². The topological polar surface area (TPSA) is 96.0 Å². The van der Waals surface area contributed by atoms with Crippen LogP contribution in [0.15, 0.2) is 41.3 Å². The van der Waals surface area contributed by atoms with Crippen molar-refractivity contribution in [1.29, 1.82) is 0 Å². The SMILES string of the molecule is CC(=O)c1ccc(N2CCN(S(=O)(=O)c3cc4c(cc3Cl)NC(=O)CO4)CC2)cc1. The number of piperazine rings is 1. The molecule has 158 valence electrons. The van der Waals surface area contributed by atoms with Crippen molar-refractivity contribution >= 4 is 44.7 Å². The van der Waals surface area contributed by atoms with Gasteiger partial charge in [-0.1, -0.05) is 11.6 Å². The van der Waals surface area contributed by atoms with Gasteiger partial charge in [-0.05, 0) is 37.3 Å². The van der Waals surface area contributed by atoms with Crippen molar-refractivity contribution in [2.24, 2.45) is 0 Å². The summed E-state index contributed by atoms with van der Waals surface area (Å²) in [6.45, 7) is 2.95. The first kappa shape index (κ1) is 20.6. The number of hydrogen-bond donors (Lipinski definition) is 1. The molecule has 0 radical (unpaired) electrons. The predicted molar refractivity (Wildman–Crippen MR) is 113 cm³/mol. The molecule has 2 aromatic carbocycles. The lowest BCUT2D eigenvalue weighted by atomic mass is 10.1. The molecule has 10 heteroatoms. The van der Waals surface area contributed by atoms with Crippen LogP contribution >= 0.6 is 11.6 Å². The molecule has 30 heavy (non-hydrogen) atoms. The number of anilines is 2. The predicted octanol–water partition coefficient (Wildman–Crippen LogP) is 2.38. The van der Waals surface area contributed by atoms with E-state index in [0.717, 1.165) is 5.69 Å². The maximum atomic E-state index is 13.2. The normalized spacial score (nSPS) is 17.1. The summed E-state index contributed by atoms with van der Waals surface area (Å²) in [5.74, 6) is -0.0358. The lowest BCUT2D eigenvalue weighted by molar-refractivity contribution is -0.118. The molecule has 2 aliphatic heterocycles. The van der Waals surface area contributed by atoms with Gasteiger partial charge in [0, 0.05) is 43.5 Å². The number of rotatable bonds is 4. The number of carbonyl (C=O) groups is 2. The summed E-state index contributed by atoms with van der Waals surface area (Å²) in [7, 11) is -3.83. The molecule has 0 spiro atoms. The summed E-state index contributed by atoms with van der Waals surface area (Å²) in [5.41, 5.74) is 1.93. The van der Waals surface area contributed by atoms with Crippen LogP contribution in [0.1, 0.15) is 17.3 Å². The third kappa shape index (κ3) is 3.88. The molecule has 2 aromatic rings. The van der Waals surface area contributed by atoms with E-state index in [2.05, 4.69) is 10.2 Å². The number of amides is 1. The Kier molecular flexibility index (Phi) is 5.44. The Morgan fingerprint density at radius 2 is 1.77 bits per heavy atom. The van der Waals surface area contributed by atoms with Crippen molar-refractivity contribution in [3.63, 3.8) is 0 Å². The van der Waals surface area contributed by atoms with E-state index in [1.165, 1.54) is 23.4 Å². The molecule has 0 saturated carbocycles. The molecule has 0 aromatic heterocycles. The highest BCUT2D eigenvalue weighted by molar-refractivity contribution is 7.89. The Morgan fingerprint density at radius 1 is 1.10 bits per heavy atom. The van der Waals surface area contributed by atoms with E-state index in [1.54, 1.807) is 12.1 Å². The third-order valence-corrected chi connectivity index (χ3v) is 7.53. The summed E-state index contributed by atoms with van der Waals surface area (Å²) in [4.78, 5) is 24.9. The molecular formula is C20H20ClN3O5S. The number of Topliss-reactive ketones (excluding diaryl/α,β-unsaturated/α-hetero) is 1. The average molecular weight is 450 g/mol. The molecule has 2 heterocycles. The van der Waals surface area contributed by atoms with Gasteiger partial charge in [-0.3, -0.25) is 9.59 Å². The van der Waals surface area contributed by atoms with E-state index in [1.807, 2.05) is 12.1 Å². The fraction of sp³-hybridized carbons (Fsp3) is 0.300. The van der Waals surface area contributed by atoms with Crippen LogP contribution in [0, 0.1) is 0 Å². The van der Waals surface area contributed by atoms with Gasteiger partial charge in [-0.15, -0.1) is 0 Å². The van der Waals surface area contributed by atoms with Crippen molar-refractivity contribution in [2.45, 2.75) is 11.8 Å². The van der Waals surface area contributed by atoms with Crippen LogP contribution in [0.3, 0.4) is 0 Å². The molecule has 1 N–H and O–H groups in total. The number of carbonyl (C=O) groups excluding carboxylic acids is 2. The van der Waals surface area contributed by atoms with Crippen LogP contribution in [0.2, 0.25) is 5.02 Å². The number of hydrogen-bond acceptors (Lipinski definition) is 6. The zero-order valence-electron chi connectivity index (χ0n) is 16.2. The molecule has 1 fully saturated rings. The monoisotopic (exact) mass is 449 g/mol. The van der Waals surface area contributed by atoms with E-state index >= 15 is 0 Å². The maximum Gasteiger partial charge on any atom is 0.262 e. The second-order valence-corrected chi connectivity index (χ2v) is 9.42. The van der Waals surface area contributed by atoms with Crippen molar-refractivity contribution < 1.29 is 22.7 Å². The second-order valence-electron chi connectivity index (χ2n) is 7.11. The molecule has 2 aliphatic rings. The first-order valence-electron chi connectivity index (χ1n) is 9.38. The van der Waals surface area contributed by atoms with E-state index in [-0.39, 0.29) is 34.0 Å². The highest BCUT2D eigenvalue weighted by Crippen LogP contribution is 2.37. The van der Waals surface area contributed by atoms with Crippen LogP contribution in [-0.2, 0) is 14.8 Å². The van der Waals surface area contributed by atoms with Crippen molar-refractivity contribution in [3.05, 3.63) is 47.0 Å². The molecule has 1 saturated heterocycles. The minimum Gasteiger partial charge on any atom is -0.482 e. The standard InChI is InChI=1S/C20H20ClN3O5S/c1-13(25)14-2-4-15(5-3-14)23-6-8-24(9-7-23)30(27,28)19-11-18-17(10-16(19)21)22-20(26)12-29-18/h2-5,10-11H,6-9,12H2,1H3,(H,22,26). The van der Waals surface area contributed by atoms with Crippen LogP contribution < -0.4 is 15.0 Å². The molecule has 4 rings (SSSR count). The third-order valence-electron chi connectivity index (χ3n) is 5.16. The number of fused-ring (bicyclic) bond motifs is 1. The molecular weight excluding hydrogens is 430 g/mol. The molecule has 0 atom stereocenters. The van der Waals surface area contributed by atoms with E-state index in [0.29, 0.717) is 37.4 Å². The number of ether oxygens (including phenoxy) is 1. The smallest absolute Gasteiger partial charge is 0.262 e. The number of benzene rings is 2. The van der Waals surface area contributed by atoms with Crippen molar-refractivity contribution in [2.75, 3.05) is 43.0 Å². The summed E-state index contributed by atoms with van der Waals surface area (Å²) in [6.07, 6.45) is 0. The average Bonchev–Trinajstić information content (AvgIpc) is 2.73. The lowest BCUT2D eigenvalue weighted by Gasteiger charge is -2.35. The minimum absolute atomic E-state index is 0.00272. The molecule has 1 amide bonds. The largest absolute Gasteiger partial charge is 0.482 e. The van der Waals surface area contributed by atoms with E-state index in [9.17, 15) is 18.0 Å². The Balaban J connectivity index is 1.50. The number of nitrogens with zero attached hydrogens (tertiary/aromatic N) is 2. The Bertz CT molecular complexity index is 1110. The van der Waals surface area contributed by atoms with Crippen molar-refractivity contribution in [1.82, 2.24) is 4.31 Å². The fourth-order valence-corrected chi connectivity index (χ4v) is 5.45. The maximum absolute atomic E-state index is 13.2. The highest BCUT2D eigenvalue weighted by Gasteiger charge is 2.32. The van der Waals surface area contributed by atoms with Gasteiger partial charge in [-0.25, -0.2) is 8.42 Å². The molecule has 0 unspecified atom stereocenters. The lowest BCUT2D eigenvalue weighted by Crippen LogP contribution is -2.48. The highest BCUT2D eigenvalue weighted by atomic mass is 35.5. The fourth-order valence-electron chi connectivity index (χ4n) is 3.51. The summed E-state index contributed by atoms with van der Waals surface area (Å²) in [6, 6.07) is 10.0. The first-order valence-corrected chi connectivity index (χ1v) is 11.2. The number of sulfonamides is 1. The second kappa shape index (κ2) is 7.90. The Hall–Kier alpha value is -2.62. The van der Waals surface area contributed by atoms with Gasteiger partial charge in [0.15, 0.2) is 12.4 Å². The summed E-state index contributed by atoms with van der Waals surface area (Å²) >= 11 is 6.23. The van der Waals surface area contributed by atoms with E-state index < -0.39 is 10.0 Å². The van der Waals surface area contributed by atoms with Crippen LogP contribution in [0.5, 0.6) is 5.75 Å². The van der Waals surface area contributed by atoms with Gasteiger partial charge in [0.05, 0.1) is 10.7 Å². The van der Waals surface area contributed by atoms with Gasteiger partial charge in [-0.2, -0.15) is 4.31 Å². The zero-order chi connectivity index (χ0) is 21.5. The number of nitrogens with one attached hydrogen (secondary N) is 1. The summed E-state index contributed by atoms with van der Waals surface area (Å²) in [5, 5.41) is 2.64. The summed E-state index contributed by atoms with van der Waals surface area (Å²) < 4.78 is 33.0. The van der Waals surface area contributed by atoms with Gasteiger partial charge < -0.3 is 15.0 Å². The number of halogens is 1. The molecule has 0 aliphatic carbocycles. The van der Waals surface area contributed by atoms with E-state index in [4.69, 9.17) is 16.3 Å². The molecule has 0 bridgehead atoms. The molecule has 8 nitrogen and oxygen atoms in total. The van der Waals surface area contributed by atoms with Crippen LogP contribution in [-0.4, -0.2) is 57.2 Å². The van der Waals surface area contributed by atoms with Crippen LogP contribution in [0.25, 0.3) is 0 Å². The van der Waals surface area contributed by atoms with Gasteiger partial charge >= 0.3 is 0 Å². The van der Waals surface area contributed by atoms with Gasteiger partial charge in [0.1, 0.15) is 10.6 Å². The minimum atomic E-state index is -3.83. The quantitative estimate of drug-likeness (QED) is 0.720. The zero-order valence-corrected chi connectivity index (χ0v) is 17.8. The Labute approximate surface area is 179 Å². The number of ketones is 1. The van der Waals surface area contributed by atoms with Crippen LogP contribution in [0.4, 0.5) is 11.4 Å². The first-order chi connectivity index (χ1) is 14.3. The van der Waals surface area contributed by atoms with Crippen molar-refractivity contribution in [3.8, 4) is 5.75 Å². The Morgan fingerprint density at radius 3 is 2.40 bits per heavy atom.